The number of rotatable bonds is 3. The van der Waals surface area contributed by atoms with Gasteiger partial charge in [-0.05, 0) is 31.0 Å². The van der Waals surface area contributed by atoms with Crippen LogP contribution in [0.25, 0.3) is 28.1 Å². The van der Waals surface area contributed by atoms with Crippen molar-refractivity contribution in [3.05, 3.63) is 76.4 Å². The Bertz CT molecular complexity index is 1770. The van der Waals surface area contributed by atoms with Crippen molar-refractivity contribution in [2.45, 2.75) is 31.3 Å². The van der Waals surface area contributed by atoms with Gasteiger partial charge in [-0.25, -0.2) is 27.9 Å². The summed E-state index contributed by atoms with van der Waals surface area (Å²) in [6.07, 6.45) is 4.60. The third kappa shape index (κ3) is 3.51. The summed E-state index contributed by atoms with van der Waals surface area (Å²) < 4.78 is 58.6. The first kappa shape index (κ1) is 23.0. The van der Waals surface area contributed by atoms with Gasteiger partial charge in [-0.2, -0.15) is 4.98 Å². The van der Waals surface area contributed by atoms with Crippen LogP contribution in [0, 0.1) is 17.5 Å². The second kappa shape index (κ2) is 8.69. The zero-order valence-corrected chi connectivity index (χ0v) is 20.0. The van der Waals surface area contributed by atoms with Gasteiger partial charge in [0.15, 0.2) is 17.2 Å². The standard InChI is InChI=1S/C26H21F3N6O3/c27-14-1-2-19-21(11-14)33(13-31-19)25-30-12-22-24(32-25)35(26(36)34(22)16-3-6-37-7-4-16)20-5-8-38-23-17(20)9-15(28)10-18(23)29/h1-2,9-13,16,20H,3-8H2/t20-/m1/s1. The van der Waals surface area contributed by atoms with Crippen LogP contribution in [0.4, 0.5) is 13.2 Å². The van der Waals surface area contributed by atoms with Crippen molar-refractivity contribution in [1.82, 2.24) is 28.7 Å². The van der Waals surface area contributed by atoms with E-state index in [9.17, 15) is 18.0 Å². The van der Waals surface area contributed by atoms with E-state index in [1.807, 2.05) is 0 Å². The Morgan fingerprint density at radius 3 is 2.58 bits per heavy atom. The first-order valence-electron chi connectivity index (χ1n) is 12.3. The summed E-state index contributed by atoms with van der Waals surface area (Å²) in [6.45, 7) is 1.15. The molecule has 5 aromatic rings. The van der Waals surface area contributed by atoms with Crippen LogP contribution in [0.15, 0.2) is 47.7 Å². The smallest absolute Gasteiger partial charge is 0.331 e. The topological polar surface area (TPSA) is 89.0 Å². The van der Waals surface area contributed by atoms with Gasteiger partial charge in [0.25, 0.3) is 0 Å². The summed E-state index contributed by atoms with van der Waals surface area (Å²) in [5.41, 5.74) is 1.68. The number of imidazole rings is 2. The Morgan fingerprint density at radius 1 is 0.895 bits per heavy atom. The zero-order valence-electron chi connectivity index (χ0n) is 20.0. The van der Waals surface area contributed by atoms with E-state index in [0.717, 1.165) is 6.07 Å². The molecule has 0 amide bonds. The van der Waals surface area contributed by atoms with Gasteiger partial charge in [0.05, 0.1) is 29.9 Å². The van der Waals surface area contributed by atoms with E-state index in [4.69, 9.17) is 14.5 Å². The number of hydrogen-bond donors (Lipinski definition) is 0. The van der Waals surface area contributed by atoms with Crippen LogP contribution < -0.4 is 10.4 Å². The molecule has 0 aliphatic carbocycles. The highest BCUT2D eigenvalue weighted by Crippen LogP contribution is 2.38. The van der Waals surface area contributed by atoms with E-state index in [2.05, 4.69) is 9.97 Å². The van der Waals surface area contributed by atoms with Gasteiger partial charge in [0, 0.05) is 43.4 Å². The molecule has 7 rings (SSSR count). The van der Waals surface area contributed by atoms with Gasteiger partial charge in [0.1, 0.15) is 23.5 Å². The van der Waals surface area contributed by atoms with Gasteiger partial charge in [-0.1, -0.05) is 0 Å². The molecule has 0 saturated carbocycles. The lowest BCUT2D eigenvalue weighted by Gasteiger charge is -2.27. The fourth-order valence-electron chi connectivity index (χ4n) is 5.52. The molecule has 0 spiro atoms. The summed E-state index contributed by atoms with van der Waals surface area (Å²) in [6, 6.07) is 5.28. The highest BCUT2D eigenvalue weighted by Gasteiger charge is 2.33. The van der Waals surface area contributed by atoms with Crippen LogP contribution >= 0.6 is 0 Å². The van der Waals surface area contributed by atoms with Crippen LogP contribution in [0.1, 0.15) is 36.9 Å². The number of ether oxygens (including phenoxy) is 2. The number of benzene rings is 2. The number of fused-ring (bicyclic) bond motifs is 3. The maximum atomic E-state index is 14.6. The molecule has 0 radical (unpaired) electrons. The van der Waals surface area contributed by atoms with Crippen molar-refractivity contribution in [2.24, 2.45) is 0 Å². The molecule has 0 N–H and O–H groups in total. The predicted octanol–water partition coefficient (Wildman–Crippen LogP) is 4.07. The Kier molecular flexibility index (Phi) is 5.25. The molecular formula is C26H21F3N6O3. The van der Waals surface area contributed by atoms with Crippen LogP contribution in [0.3, 0.4) is 0 Å². The first-order chi connectivity index (χ1) is 18.5. The maximum Gasteiger partial charge on any atom is 0.331 e. The van der Waals surface area contributed by atoms with Crippen LogP contribution in [0.5, 0.6) is 5.75 Å². The Balaban J connectivity index is 1.48. The second-order valence-electron chi connectivity index (χ2n) is 9.45. The average Bonchev–Trinajstić information content (AvgIpc) is 3.46. The molecule has 12 heteroatoms. The lowest BCUT2D eigenvalue weighted by molar-refractivity contribution is 0.0695. The molecule has 1 fully saturated rings. The van der Waals surface area contributed by atoms with E-state index < -0.39 is 23.5 Å². The molecule has 2 aromatic carbocycles. The van der Waals surface area contributed by atoms with E-state index in [1.165, 1.54) is 33.7 Å². The lowest BCUT2D eigenvalue weighted by Crippen LogP contribution is -2.34. The highest BCUT2D eigenvalue weighted by atomic mass is 19.1. The van der Waals surface area contributed by atoms with Gasteiger partial charge >= 0.3 is 5.69 Å². The van der Waals surface area contributed by atoms with Crippen molar-refractivity contribution in [3.8, 4) is 11.7 Å². The summed E-state index contributed by atoms with van der Waals surface area (Å²) in [4.78, 5) is 27.6. The molecule has 0 unspecified atom stereocenters. The number of halogens is 3. The molecule has 2 aliphatic heterocycles. The van der Waals surface area contributed by atoms with E-state index in [0.29, 0.717) is 54.7 Å². The molecule has 1 atom stereocenters. The van der Waals surface area contributed by atoms with Crippen LogP contribution in [-0.4, -0.2) is 48.5 Å². The lowest BCUT2D eigenvalue weighted by atomic mass is 10.00. The highest BCUT2D eigenvalue weighted by molar-refractivity contribution is 5.78. The van der Waals surface area contributed by atoms with E-state index >= 15 is 0 Å². The first-order valence-corrected chi connectivity index (χ1v) is 12.3. The fourth-order valence-corrected chi connectivity index (χ4v) is 5.52. The second-order valence-corrected chi connectivity index (χ2v) is 9.45. The number of nitrogens with zero attached hydrogens (tertiary/aromatic N) is 6. The van der Waals surface area contributed by atoms with Gasteiger partial charge in [-0.15, -0.1) is 0 Å². The summed E-state index contributed by atoms with van der Waals surface area (Å²) in [5, 5.41) is 0. The minimum atomic E-state index is -0.826. The largest absolute Gasteiger partial charge is 0.490 e. The monoisotopic (exact) mass is 522 g/mol. The molecule has 9 nitrogen and oxygen atoms in total. The normalized spacial score (nSPS) is 18.1. The maximum absolute atomic E-state index is 14.6. The van der Waals surface area contributed by atoms with Crippen molar-refractivity contribution in [3.63, 3.8) is 0 Å². The average molecular weight is 522 g/mol. The van der Waals surface area contributed by atoms with E-state index in [1.54, 1.807) is 16.8 Å². The fraction of sp³-hybridized carbons (Fsp3) is 0.308. The third-order valence-corrected chi connectivity index (χ3v) is 7.26. The molecular weight excluding hydrogens is 501 g/mol. The summed E-state index contributed by atoms with van der Waals surface area (Å²) >= 11 is 0. The summed E-state index contributed by atoms with van der Waals surface area (Å²) in [5.74, 6) is -1.92. The van der Waals surface area contributed by atoms with Crippen molar-refractivity contribution in [1.29, 1.82) is 0 Å². The number of hydrogen-bond acceptors (Lipinski definition) is 6. The third-order valence-electron chi connectivity index (χ3n) is 7.26. The van der Waals surface area contributed by atoms with Gasteiger partial charge in [0.2, 0.25) is 5.95 Å². The Labute approximate surface area is 213 Å². The SMILES string of the molecule is O=c1n(C2CCOCC2)c2cnc(-n3cnc4ccc(F)cc43)nc2n1[C@@H]1CCOc2c(F)cc(F)cc21. The molecule has 194 valence electrons. The molecule has 2 aliphatic rings. The molecule has 3 aromatic heterocycles. The van der Waals surface area contributed by atoms with Crippen molar-refractivity contribution < 1.29 is 22.6 Å². The van der Waals surface area contributed by atoms with Crippen LogP contribution in [-0.2, 0) is 4.74 Å². The van der Waals surface area contributed by atoms with Crippen LogP contribution in [0.2, 0.25) is 0 Å². The van der Waals surface area contributed by atoms with Crippen molar-refractivity contribution >= 4 is 22.2 Å². The van der Waals surface area contributed by atoms with E-state index in [-0.39, 0.29) is 35.6 Å². The predicted molar refractivity (Wildman–Crippen MR) is 130 cm³/mol. The minimum absolute atomic E-state index is 0.0770. The van der Waals surface area contributed by atoms with Gasteiger partial charge in [-0.3, -0.25) is 13.7 Å². The Hall–Kier alpha value is -4.19. The van der Waals surface area contributed by atoms with Crippen molar-refractivity contribution in [2.75, 3.05) is 19.8 Å². The number of aromatic nitrogens is 6. The Morgan fingerprint density at radius 2 is 1.74 bits per heavy atom. The molecule has 5 heterocycles. The molecule has 0 bridgehead atoms. The zero-order chi connectivity index (χ0) is 26.0. The summed E-state index contributed by atoms with van der Waals surface area (Å²) in [7, 11) is 0. The molecule has 1 saturated heterocycles. The van der Waals surface area contributed by atoms with Gasteiger partial charge < -0.3 is 9.47 Å². The quantitative estimate of drug-likeness (QED) is 0.355. The minimum Gasteiger partial charge on any atom is -0.490 e. The molecule has 38 heavy (non-hydrogen) atoms.